The summed E-state index contributed by atoms with van der Waals surface area (Å²) in [6.45, 7) is 2.52. The predicted molar refractivity (Wildman–Crippen MR) is 69.7 cm³/mol. The molecule has 2 saturated heterocycles. The minimum absolute atomic E-state index is 0.254. The first kappa shape index (κ1) is 13.3. The average Bonchev–Trinajstić information content (AvgIpc) is 2.55. The summed E-state index contributed by atoms with van der Waals surface area (Å²) in [6, 6.07) is 0. The van der Waals surface area contributed by atoms with Crippen LogP contribution in [0.1, 0.15) is 38.5 Å². The monoisotopic (exact) mass is 260 g/mol. The minimum atomic E-state index is -2.86. The molecule has 4 nitrogen and oxygen atoms in total. The number of hydrogen-bond acceptors (Lipinski definition) is 4. The maximum atomic E-state index is 11.7. The summed E-state index contributed by atoms with van der Waals surface area (Å²) in [6.07, 6.45) is 6.95. The van der Waals surface area contributed by atoms with Gasteiger partial charge in [0.1, 0.15) is 0 Å². The fourth-order valence-electron chi connectivity index (χ4n) is 3.16. The molecule has 0 saturated carbocycles. The quantitative estimate of drug-likeness (QED) is 0.796. The van der Waals surface area contributed by atoms with Gasteiger partial charge in [0.05, 0.1) is 11.5 Å². The summed E-state index contributed by atoms with van der Waals surface area (Å²) in [5, 5.41) is 0. The van der Waals surface area contributed by atoms with Crippen molar-refractivity contribution in [1.82, 2.24) is 4.90 Å². The van der Waals surface area contributed by atoms with Crippen LogP contribution >= 0.6 is 0 Å². The maximum Gasteiger partial charge on any atom is 0.152 e. The molecule has 0 bridgehead atoms. The highest BCUT2D eigenvalue weighted by atomic mass is 32.2. The second-order valence-electron chi connectivity index (χ2n) is 5.53. The van der Waals surface area contributed by atoms with E-state index in [9.17, 15) is 8.42 Å². The molecule has 0 aliphatic carbocycles. The van der Waals surface area contributed by atoms with Gasteiger partial charge < -0.3 is 5.73 Å². The highest BCUT2D eigenvalue weighted by Crippen LogP contribution is 2.30. The first-order valence-corrected chi connectivity index (χ1v) is 8.56. The Morgan fingerprint density at radius 1 is 1.06 bits per heavy atom. The van der Waals surface area contributed by atoms with E-state index in [-0.39, 0.29) is 11.3 Å². The summed E-state index contributed by atoms with van der Waals surface area (Å²) in [7, 11) is -2.86. The molecule has 1 atom stereocenters. The van der Waals surface area contributed by atoms with E-state index in [4.69, 9.17) is 5.73 Å². The van der Waals surface area contributed by atoms with Crippen molar-refractivity contribution in [1.29, 1.82) is 0 Å². The second kappa shape index (κ2) is 5.24. The van der Waals surface area contributed by atoms with Crippen molar-refractivity contribution in [2.75, 3.05) is 31.1 Å². The van der Waals surface area contributed by atoms with Gasteiger partial charge >= 0.3 is 0 Å². The Bertz CT molecular complexity index is 348. The van der Waals surface area contributed by atoms with E-state index in [0.29, 0.717) is 12.3 Å². The third-order valence-corrected chi connectivity index (χ3v) is 6.08. The number of hydrogen-bond donors (Lipinski definition) is 1. The smallest absolute Gasteiger partial charge is 0.152 e. The minimum Gasteiger partial charge on any atom is -0.329 e. The van der Waals surface area contributed by atoms with Crippen molar-refractivity contribution in [3.63, 3.8) is 0 Å². The molecule has 2 aliphatic heterocycles. The summed E-state index contributed by atoms with van der Waals surface area (Å²) in [4.78, 5) is 2.37. The summed E-state index contributed by atoms with van der Waals surface area (Å²) in [5.74, 6) is 0.594. The van der Waals surface area contributed by atoms with Gasteiger partial charge in [0, 0.05) is 12.1 Å². The largest absolute Gasteiger partial charge is 0.329 e. The summed E-state index contributed by atoms with van der Waals surface area (Å²) < 4.78 is 23.4. The molecule has 17 heavy (non-hydrogen) atoms. The lowest BCUT2D eigenvalue weighted by Crippen LogP contribution is -2.55. The van der Waals surface area contributed by atoms with Crippen LogP contribution in [0.15, 0.2) is 0 Å². The van der Waals surface area contributed by atoms with E-state index in [1.165, 1.54) is 32.1 Å². The van der Waals surface area contributed by atoms with Gasteiger partial charge in [-0.05, 0) is 32.4 Å². The maximum absolute atomic E-state index is 11.7. The van der Waals surface area contributed by atoms with Gasteiger partial charge in [-0.3, -0.25) is 4.90 Å². The molecule has 2 N–H and O–H groups in total. The summed E-state index contributed by atoms with van der Waals surface area (Å²) in [5.41, 5.74) is 5.65. The highest BCUT2D eigenvalue weighted by molar-refractivity contribution is 7.91. The van der Waals surface area contributed by atoms with Crippen molar-refractivity contribution in [3.8, 4) is 0 Å². The molecule has 1 unspecified atom stereocenters. The lowest BCUT2D eigenvalue weighted by Gasteiger charge is -2.40. The Balaban J connectivity index is 2.11. The first-order valence-electron chi connectivity index (χ1n) is 6.74. The Kier molecular flexibility index (Phi) is 4.10. The van der Waals surface area contributed by atoms with E-state index in [0.717, 1.165) is 19.5 Å². The van der Waals surface area contributed by atoms with Gasteiger partial charge in [0.25, 0.3) is 0 Å². The average molecular weight is 260 g/mol. The summed E-state index contributed by atoms with van der Waals surface area (Å²) >= 11 is 0. The fourth-order valence-corrected chi connectivity index (χ4v) is 5.26. The molecule has 0 aromatic heterocycles. The van der Waals surface area contributed by atoms with E-state index >= 15 is 0 Å². The molecule has 0 spiro atoms. The zero-order chi connectivity index (χ0) is 12.4. The van der Waals surface area contributed by atoms with Gasteiger partial charge in [0.15, 0.2) is 9.84 Å². The van der Waals surface area contributed by atoms with Crippen LogP contribution in [0.5, 0.6) is 0 Å². The normalized spacial score (nSPS) is 35.4. The molecule has 5 heteroatoms. The Morgan fingerprint density at radius 2 is 1.65 bits per heavy atom. The van der Waals surface area contributed by atoms with E-state index < -0.39 is 9.84 Å². The van der Waals surface area contributed by atoms with Crippen LogP contribution in [-0.4, -0.2) is 50.0 Å². The zero-order valence-electron chi connectivity index (χ0n) is 10.5. The van der Waals surface area contributed by atoms with Gasteiger partial charge in [0.2, 0.25) is 0 Å². The van der Waals surface area contributed by atoms with Crippen LogP contribution in [0.3, 0.4) is 0 Å². The van der Waals surface area contributed by atoms with Gasteiger partial charge in [-0.1, -0.05) is 19.3 Å². The molecule has 2 rings (SSSR count). The van der Waals surface area contributed by atoms with Gasteiger partial charge in [-0.15, -0.1) is 0 Å². The molecule has 0 amide bonds. The Morgan fingerprint density at radius 3 is 2.12 bits per heavy atom. The molecular formula is C12H24N2O2S. The van der Waals surface area contributed by atoms with Gasteiger partial charge in [-0.2, -0.15) is 0 Å². The molecule has 2 aliphatic rings. The SMILES string of the molecule is NCC1(N2CCCCCCC2)CCS(=O)(=O)C1. The number of sulfone groups is 1. The third-order valence-electron chi connectivity index (χ3n) is 4.27. The fraction of sp³-hybridized carbons (Fsp3) is 1.00. The molecule has 2 heterocycles. The number of likely N-dealkylation sites (tertiary alicyclic amines) is 1. The lowest BCUT2D eigenvalue weighted by molar-refractivity contribution is 0.105. The zero-order valence-corrected chi connectivity index (χ0v) is 11.3. The van der Waals surface area contributed by atoms with Crippen LogP contribution in [0, 0.1) is 0 Å². The van der Waals surface area contributed by atoms with Crippen LogP contribution in [0.2, 0.25) is 0 Å². The van der Waals surface area contributed by atoms with E-state index in [1.807, 2.05) is 0 Å². The Labute approximate surface area is 104 Å². The standard InChI is InChI=1S/C12H24N2O2S/c13-10-12(6-9-17(15,16)11-12)14-7-4-2-1-3-5-8-14/h1-11,13H2. The first-order chi connectivity index (χ1) is 8.08. The second-order valence-corrected chi connectivity index (χ2v) is 7.71. The van der Waals surface area contributed by atoms with Crippen LogP contribution in [-0.2, 0) is 9.84 Å². The van der Waals surface area contributed by atoms with Crippen molar-refractivity contribution in [3.05, 3.63) is 0 Å². The Hall–Kier alpha value is -0.130. The molecule has 2 fully saturated rings. The van der Waals surface area contributed by atoms with Crippen molar-refractivity contribution in [2.45, 2.75) is 44.1 Å². The molecule has 100 valence electrons. The van der Waals surface area contributed by atoms with Crippen LogP contribution < -0.4 is 5.73 Å². The molecular weight excluding hydrogens is 236 g/mol. The number of nitrogens with zero attached hydrogens (tertiary/aromatic N) is 1. The highest BCUT2D eigenvalue weighted by Gasteiger charge is 2.45. The molecule has 0 radical (unpaired) electrons. The lowest BCUT2D eigenvalue weighted by atomic mass is 9.94. The van der Waals surface area contributed by atoms with Gasteiger partial charge in [-0.25, -0.2) is 8.42 Å². The topological polar surface area (TPSA) is 63.4 Å². The van der Waals surface area contributed by atoms with Crippen molar-refractivity contribution in [2.24, 2.45) is 5.73 Å². The number of nitrogens with two attached hydrogens (primary N) is 1. The predicted octanol–water partition coefficient (Wildman–Crippen LogP) is 0.768. The molecule has 0 aromatic rings. The third kappa shape index (κ3) is 3.01. The van der Waals surface area contributed by atoms with E-state index in [1.54, 1.807) is 0 Å². The molecule has 0 aromatic carbocycles. The van der Waals surface area contributed by atoms with Crippen molar-refractivity contribution < 1.29 is 8.42 Å². The van der Waals surface area contributed by atoms with Crippen LogP contribution in [0.25, 0.3) is 0 Å². The van der Waals surface area contributed by atoms with Crippen LogP contribution in [0.4, 0.5) is 0 Å². The number of rotatable bonds is 2. The van der Waals surface area contributed by atoms with Crippen molar-refractivity contribution >= 4 is 9.84 Å². The van der Waals surface area contributed by atoms with E-state index in [2.05, 4.69) is 4.90 Å².